The van der Waals surface area contributed by atoms with Gasteiger partial charge in [-0.05, 0) is 43.4 Å². The standard InChI is InChI=1S/C17H22N2O2/c1-3-11-8-14-15(9-11)17(21)19(16(14)20)10(2)12-4-6-13(18)7-5-12/h4-7,10-11,14-15H,3,8-9,18H2,1-2H3. The number of benzene rings is 1. The zero-order valence-corrected chi connectivity index (χ0v) is 12.6. The molecule has 2 aliphatic rings. The van der Waals surface area contributed by atoms with Gasteiger partial charge >= 0.3 is 0 Å². The lowest BCUT2D eigenvalue weighted by molar-refractivity contribution is -0.143. The summed E-state index contributed by atoms with van der Waals surface area (Å²) in [6, 6.07) is 7.19. The van der Waals surface area contributed by atoms with E-state index in [1.165, 1.54) is 4.90 Å². The van der Waals surface area contributed by atoms with Gasteiger partial charge in [0.15, 0.2) is 0 Å². The number of imide groups is 1. The molecule has 21 heavy (non-hydrogen) atoms. The van der Waals surface area contributed by atoms with Gasteiger partial charge in [-0.25, -0.2) is 0 Å². The Morgan fingerprint density at radius 2 is 1.67 bits per heavy atom. The second-order valence-electron chi connectivity index (χ2n) is 6.35. The number of nitrogen functional groups attached to an aromatic ring is 1. The summed E-state index contributed by atoms with van der Waals surface area (Å²) in [7, 11) is 0. The molecule has 3 atom stereocenters. The summed E-state index contributed by atoms with van der Waals surface area (Å²) < 4.78 is 0. The molecule has 3 unspecified atom stereocenters. The molecule has 1 heterocycles. The van der Waals surface area contributed by atoms with Gasteiger partial charge in [-0.1, -0.05) is 25.5 Å². The molecule has 1 aliphatic carbocycles. The molecule has 2 N–H and O–H groups in total. The van der Waals surface area contributed by atoms with E-state index in [0.717, 1.165) is 24.8 Å². The number of likely N-dealkylation sites (tertiary alicyclic amines) is 1. The Labute approximate surface area is 125 Å². The number of nitrogens with zero attached hydrogens (tertiary/aromatic N) is 1. The number of carbonyl (C=O) groups is 2. The van der Waals surface area contributed by atoms with E-state index in [2.05, 4.69) is 6.92 Å². The number of carbonyl (C=O) groups excluding carboxylic acids is 2. The Morgan fingerprint density at radius 3 is 2.14 bits per heavy atom. The lowest BCUT2D eigenvalue weighted by Gasteiger charge is -2.25. The van der Waals surface area contributed by atoms with E-state index < -0.39 is 0 Å². The van der Waals surface area contributed by atoms with E-state index >= 15 is 0 Å². The maximum atomic E-state index is 12.6. The highest BCUT2D eigenvalue weighted by Gasteiger charge is 2.53. The molecule has 2 amide bonds. The van der Waals surface area contributed by atoms with Crippen LogP contribution in [0.3, 0.4) is 0 Å². The SMILES string of the molecule is CCC1CC2C(=O)N(C(C)c3ccc(N)cc3)C(=O)C2C1. The molecule has 0 radical (unpaired) electrons. The average molecular weight is 286 g/mol. The Hall–Kier alpha value is -1.84. The predicted octanol–water partition coefficient (Wildman–Crippen LogP) is 2.75. The molecule has 4 heteroatoms. The topological polar surface area (TPSA) is 63.4 Å². The van der Waals surface area contributed by atoms with E-state index in [-0.39, 0.29) is 29.7 Å². The lowest BCUT2D eigenvalue weighted by atomic mass is 10.00. The minimum atomic E-state index is -0.212. The quantitative estimate of drug-likeness (QED) is 0.686. The monoisotopic (exact) mass is 286 g/mol. The molecule has 0 bridgehead atoms. The number of fused-ring (bicyclic) bond motifs is 1. The lowest BCUT2D eigenvalue weighted by Crippen LogP contribution is -2.34. The van der Waals surface area contributed by atoms with Gasteiger partial charge in [0.1, 0.15) is 0 Å². The van der Waals surface area contributed by atoms with Crippen LogP contribution in [0.5, 0.6) is 0 Å². The van der Waals surface area contributed by atoms with Gasteiger partial charge in [0.05, 0.1) is 17.9 Å². The first kappa shape index (κ1) is 14.1. The van der Waals surface area contributed by atoms with Crippen LogP contribution in [-0.4, -0.2) is 16.7 Å². The zero-order chi connectivity index (χ0) is 15.1. The molecule has 112 valence electrons. The van der Waals surface area contributed by atoms with Gasteiger partial charge < -0.3 is 5.73 Å². The summed E-state index contributed by atoms with van der Waals surface area (Å²) in [5.74, 6) is 0.398. The summed E-state index contributed by atoms with van der Waals surface area (Å²) in [6.07, 6.45) is 2.80. The number of amides is 2. The van der Waals surface area contributed by atoms with Crippen molar-refractivity contribution in [1.29, 1.82) is 0 Å². The Morgan fingerprint density at radius 1 is 1.14 bits per heavy atom. The van der Waals surface area contributed by atoms with Crippen molar-refractivity contribution in [2.24, 2.45) is 17.8 Å². The van der Waals surface area contributed by atoms with Crippen LogP contribution in [0.4, 0.5) is 5.69 Å². The van der Waals surface area contributed by atoms with Crippen LogP contribution in [0.25, 0.3) is 0 Å². The molecule has 0 spiro atoms. The Kier molecular flexibility index (Phi) is 3.47. The van der Waals surface area contributed by atoms with Crippen LogP contribution in [0.1, 0.15) is 44.7 Å². The van der Waals surface area contributed by atoms with Crippen molar-refractivity contribution in [1.82, 2.24) is 4.90 Å². The van der Waals surface area contributed by atoms with E-state index in [4.69, 9.17) is 5.73 Å². The summed E-state index contributed by atoms with van der Waals surface area (Å²) >= 11 is 0. The smallest absolute Gasteiger partial charge is 0.233 e. The largest absolute Gasteiger partial charge is 0.399 e. The average Bonchev–Trinajstić information content (AvgIpc) is 3.00. The fraction of sp³-hybridized carbons (Fsp3) is 0.529. The van der Waals surface area contributed by atoms with Gasteiger partial charge in [0.25, 0.3) is 0 Å². The maximum absolute atomic E-state index is 12.6. The van der Waals surface area contributed by atoms with Crippen molar-refractivity contribution < 1.29 is 9.59 Å². The molecule has 1 aromatic rings. The Balaban J connectivity index is 1.82. The number of anilines is 1. The fourth-order valence-corrected chi connectivity index (χ4v) is 3.79. The summed E-state index contributed by atoms with van der Waals surface area (Å²) in [5, 5.41) is 0. The van der Waals surface area contributed by atoms with Gasteiger partial charge in [0.2, 0.25) is 11.8 Å². The highest BCUT2D eigenvalue weighted by molar-refractivity contribution is 6.05. The molecule has 0 aromatic heterocycles. The van der Waals surface area contributed by atoms with Gasteiger partial charge in [-0.15, -0.1) is 0 Å². The number of hydrogen-bond acceptors (Lipinski definition) is 3. The fourth-order valence-electron chi connectivity index (χ4n) is 3.79. The van der Waals surface area contributed by atoms with Crippen LogP contribution in [0.15, 0.2) is 24.3 Å². The normalized spacial score (nSPS) is 29.8. The number of hydrogen-bond donors (Lipinski definition) is 1. The third-order valence-corrected chi connectivity index (χ3v) is 5.15. The summed E-state index contributed by atoms with van der Waals surface area (Å²) in [5.41, 5.74) is 7.34. The van der Waals surface area contributed by atoms with E-state index in [1.807, 2.05) is 31.2 Å². The van der Waals surface area contributed by atoms with E-state index in [1.54, 1.807) is 0 Å². The van der Waals surface area contributed by atoms with Crippen molar-refractivity contribution in [3.8, 4) is 0 Å². The Bertz CT molecular complexity index is 543. The van der Waals surface area contributed by atoms with Crippen LogP contribution in [0, 0.1) is 17.8 Å². The van der Waals surface area contributed by atoms with Crippen LogP contribution in [0.2, 0.25) is 0 Å². The van der Waals surface area contributed by atoms with E-state index in [9.17, 15) is 9.59 Å². The van der Waals surface area contributed by atoms with Gasteiger partial charge in [-0.2, -0.15) is 0 Å². The molecule has 1 saturated heterocycles. The third-order valence-electron chi connectivity index (χ3n) is 5.15. The van der Waals surface area contributed by atoms with Crippen LogP contribution >= 0.6 is 0 Å². The minimum absolute atomic E-state index is 0.0188. The zero-order valence-electron chi connectivity index (χ0n) is 12.6. The van der Waals surface area contributed by atoms with Crippen LogP contribution in [-0.2, 0) is 9.59 Å². The van der Waals surface area contributed by atoms with Crippen molar-refractivity contribution >= 4 is 17.5 Å². The highest BCUT2D eigenvalue weighted by atomic mass is 16.2. The first-order valence-corrected chi connectivity index (χ1v) is 7.75. The molecular formula is C17H22N2O2. The van der Waals surface area contributed by atoms with Crippen molar-refractivity contribution in [3.63, 3.8) is 0 Å². The molecule has 1 saturated carbocycles. The van der Waals surface area contributed by atoms with E-state index in [0.29, 0.717) is 11.6 Å². The number of nitrogens with two attached hydrogens (primary N) is 1. The molecule has 4 nitrogen and oxygen atoms in total. The summed E-state index contributed by atoms with van der Waals surface area (Å²) in [6.45, 7) is 4.05. The third kappa shape index (κ3) is 2.23. The van der Waals surface area contributed by atoms with Crippen molar-refractivity contribution in [2.45, 2.75) is 39.2 Å². The first-order chi connectivity index (χ1) is 10.0. The van der Waals surface area contributed by atoms with Crippen LogP contribution < -0.4 is 5.73 Å². The molecule has 2 fully saturated rings. The minimum Gasteiger partial charge on any atom is -0.399 e. The second-order valence-corrected chi connectivity index (χ2v) is 6.35. The van der Waals surface area contributed by atoms with Crippen molar-refractivity contribution in [2.75, 3.05) is 5.73 Å². The predicted molar refractivity (Wildman–Crippen MR) is 81.1 cm³/mol. The van der Waals surface area contributed by atoms with Gasteiger partial charge in [0, 0.05) is 5.69 Å². The van der Waals surface area contributed by atoms with Crippen molar-refractivity contribution in [3.05, 3.63) is 29.8 Å². The second kappa shape index (κ2) is 5.17. The highest BCUT2D eigenvalue weighted by Crippen LogP contribution is 2.46. The molecule has 1 aromatic carbocycles. The molecule has 3 rings (SSSR count). The maximum Gasteiger partial charge on any atom is 0.233 e. The van der Waals surface area contributed by atoms with Gasteiger partial charge in [-0.3, -0.25) is 14.5 Å². The molecule has 1 aliphatic heterocycles. The molecular weight excluding hydrogens is 264 g/mol. The summed E-state index contributed by atoms with van der Waals surface area (Å²) in [4.78, 5) is 26.7. The first-order valence-electron chi connectivity index (χ1n) is 7.75. The number of rotatable bonds is 3.